The van der Waals surface area contributed by atoms with E-state index in [2.05, 4.69) is 21.8 Å². The molecule has 0 aliphatic heterocycles. The summed E-state index contributed by atoms with van der Waals surface area (Å²) in [6.07, 6.45) is 3.80. The van der Waals surface area contributed by atoms with Crippen LogP contribution in [0.5, 0.6) is 5.75 Å². The van der Waals surface area contributed by atoms with Crippen LogP contribution >= 0.6 is 11.6 Å². The van der Waals surface area contributed by atoms with E-state index in [0.29, 0.717) is 23.7 Å². The van der Waals surface area contributed by atoms with Crippen molar-refractivity contribution in [1.29, 1.82) is 0 Å². The summed E-state index contributed by atoms with van der Waals surface area (Å²) >= 11 is 5.54. The number of hydrogen-bond donors (Lipinski definition) is 0. The molecule has 0 fully saturated rings. The highest BCUT2D eigenvalue weighted by molar-refractivity contribution is 6.18. The average Bonchev–Trinajstić information content (AvgIpc) is 2.49. The van der Waals surface area contributed by atoms with Gasteiger partial charge in [-0.3, -0.25) is 0 Å². The van der Waals surface area contributed by atoms with E-state index in [-0.39, 0.29) is 12.4 Å². The first-order valence-corrected chi connectivity index (χ1v) is 6.56. The lowest BCUT2D eigenvalue weighted by Crippen LogP contribution is -2.01. The summed E-state index contributed by atoms with van der Waals surface area (Å²) < 4.78 is 19.0. The minimum atomic E-state index is -0.441. The van der Waals surface area contributed by atoms with Crippen molar-refractivity contribution in [2.45, 2.75) is 13.0 Å². The lowest BCUT2D eigenvalue weighted by molar-refractivity contribution is 0.281. The number of aromatic nitrogens is 2. The van der Waals surface area contributed by atoms with E-state index in [0.717, 1.165) is 0 Å². The van der Waals surface area contributed by atoms with E-state index in [1.807, 2.05) is 0 Å². The molecule has 0 N–H and O–H groups in total. The average molecular weight is 291 g/mol. The zero-order chi connectivity index (χ0) is 14.2. The molecule has 0 saturated carbocycles. The summed E-state index contributed by atoms with van der Waals surface area (Å²) in [5.74, 6) is 6.45. The van der Waals surface area contributed by atoms with Gasteiger partial charge in [0.25, 0.3) is 0 Å². The van der Waals surface area contributed by atoms with Gasteiger partial charge in [-0.15, -0.1) is 11.6 Å². The Morgan fingerprint density at radius 2 is 2.05 bits per heavy atom. The molecule has 0 amide bonds. The lowest BCUT2D eigenvalue weighted by atomic mass is 10.2. The first-order chi connectivity index (χ1) is 9.79. The Labute approximate surface area is 121 Å². The van der Waals surface area contributed by atoms with E-state index in [9.17, 15) is 4.39 Å². The molecular formula is C15H12ClFN2O. The number of benzene rings is 1. The third kappa shape index (κ3) is 4.22. The minimum absolute atomic E-state index is 0.107. The van der Waals surface area contributed by atoms with E-state index in [4.69, 9.17) is 16.3 Å². The number of ether oxygens (including phenoxy) is 1. The van der Waals surface area contributed by atoms with E-state index in [1.54, 1.807) is 30.6 Å². The van der Waals surface area contributed by atoms with Crippen LogP contribution in [-0.2, 0) is 6.61 Å². The van der Waals surface area contributed by atoms with Crippen molar-refractivity contribution < 1.29 is 9.13 Å². The van der Waals surface area contributed by atoms with Gasteiger partial charge in [-0.25, -0.2) is 14.4 Å². The second kappa shape index (κ2) is 7.46. The Morgan fingerprint density at radius 1 is 1.25 bits per heavy atom. The highest BCUT2D eigenvalue weighted by atomic mass is 35.5. The fraction of sp³-hybridized carbons (Fsp3) is 0.200. The molecule has 0 atom stereocenters. The van der Waals surface area contributed by atoms with Crippen molar-refractivity contribution in [3.63, 3.8) is 0 Å². The van der Waals surface area contributed by atoms with Gasteiger partial charge in [0, 0.05) is 30.3 Å². The van der Waals surface area contributed by atoms with Crippen molar-refractivity contribution in [2.75, 3.05) is 5.88 Å². The molecular weight excluding hydrogens is 279 g/mol. The zero-order valence-electron chi connectivity index (χ0n) is 10.6. The molecule has 0 aliphatic rings. The first-order valence-electron chi connectivity index (χ1n) is 6.02. The normalized spacial score (nSPS) is 9.70. The van der Waals surface area contributed by atoms with Crippen LogP contribution in [0, 0.1) is 17.7 Å². The lowest BCUT2D eigenvalue weighted by Gasteiger charge is -2.06. The van der Waals surface area contributed by atoms with Gasteiger partial charge in [0.2, 0.25) is 0 Å². The number of halogens is 2. The van der Waals surface area contributed by atoms with Crippen LogP contribution in [0.1, 0.15) is 17.8 Å². The third-order valence-corrected chi connectivity index (χ3v) is 2.55. The Balaban J connectivity index is 2.07. The predicted octanol–water partition coefficient (Wildman–Crippen LogP) is 3.18. The van der Waals surface area contributed by atoms with Gasteiger partial charge >= 0.3 is 0 Å². The van der Waals surface area contributed by atoms with Gasteiger partial charge in [-0.2, -0.15) is 0 Å². The Morgan fingerprint density at radius 3 is 2.80 bits per heavy atom. The number of rotatable bonds is 4. The maximum atomic E-state index is 13.6. The van der Waals surface area contributed by atoms with Crippen molar-refractivity contribution in [1.82, 2.24) is 9.97 Å². The van der Waals surface area contributed by atoms with Gasteiger partial charge in [-0.1, -0.05) is 11.8 Å². The van der Waals surface area contributed by atoms with Gasteiger partial charge in [-0.05, 0) is 24.3 Å². The van der Waals surface area contributed by atoms with Crippen molar-refractivity contribution in [3.05, 3.63) is 53.9 Å². The molecule has 20 heavy (non-hydrogen) atoms. The fourth-order valence-corrected chi connectivity index (χ4v) is 1.54. The Hall–Kier alpha value is -2.12. The maximum absolute atomic E-state index is 13.6. The molecule has 1 aromatic heterocycles. The maximum Gasteiger partial charge on any atom is 0.166 e. The third-order valence-electron chi connectivity index (χ3n) is 2.36. The molecule has 0 radical (unpaired) electrons. The monoisotopic (exact) mass is 290 g/mol. The number of hydrogen-bond acceptors (Lipinski definition) is 3. The second-order valence-corrected chi connectivity index (χ2v) is 4.22. The van der Waals surface area contributed by atoms with Crippen molar-refractivity contribution in [2.24, 2.45) is 0 Å². The SMILES string of the molecule is Fc1ccc(C#CCCCl)cc1OCc1ncccn1. The van der Waals surface area contributed by atoms with Gasteiger partial charge < -0.3 is 4.74 Å². The smallest absolute Gasteiger partial charge is 0.166 e. The Bertz CT molecular complexity index is 623. The fourth-order valence-electron chi connectivity index (χ4n) is 1.45. The standard InChI is InChI=1S/C15H12ClFN2O/c16-7-2-1-4-12-5-6-13(17)14(10-12)20-11-15-18-8-3-9-19-15/h3,5-6,8-10H,2,7,11H2. The minimum Gasteiger partial charge on any atom is -0.482 e. The zero-order valence-corrected chi connectivity index (χ0v) is 11.4. The van der Waals surface area contributed by atoms with Crippen LogP contribution in [0.4, 0.5) is 4.39 Å². The molecule has 0 unspecified atom stereocenters. The molecule has 0 saturated heterocycles. The second-order valence-electron chi connectivity index (χ2n) is 3.84. The van der Waals surface area contributed by atoms with Crippen molar-refractivity contribution >= 4 is 11.6 Å². The van der Waals surface area contributed by atoms with E-state index >= 15 is 0 Å². The quantitative estimate of drug-likeness (QED) is 0.641. The van der Waals surface area contributed by atoms with Crippen LogP contribution in [0.3, 0.4) is 0 Å². The van der Waals surface area contributed by atoms with E-state index < -0.39 is 5.82 Å². The molecule has 102 valence electrons. The molecule has 0 spiro atoms. The largest absolute Gasteiger partial charge is 0.482 e. The number of nitrogens with zero attached hydrogens (tertiary/aromatic N) is 2. The summed E-state index contributed by atoms with van der Waals surface area (Å²) in [7, 11) is 0. The van der Waals surface area contributed by atoms with Gasteiger partial charge in [0.1, 0.15) is 6.61 Å². The summed E-state index contributed by atoms with van der Waals surface area (Å²) in [4.78, 5) is 8.01. The Kier molecular flexibility index (Phi) is 5.33. The summed E-state index contributed by atoms with van der Waals surface area (Å²) in [6, 6.07) is 6.19. The van der Waals surface area contributed by atoms with Crippen LogP contribution in [0.15, 0.2) is 36.7 Å². The molecule has 1 aromatic carbocycles. The topological polar surface area (TPSA) is 35.0 Å². The molecule has 2 rings (SSSR count). The highest BCUT2D eigenvalue weighted by Crippen LogP contribution is 2.19. The van der Waals surface area contributed by atoms with E-state index in [1.165, 1.54) is 6.07 Å². The van der Waals surface area contributed by atoms with Crippen LogP contribution < -0.4 is 4.74 Å². The van der Waals surface area contributed by atoms with Crippen molar-refractivity contribution in [3.8, 4) is 17.6 Å². The van der Waals surface area contributed by atoms with Gasteiger partial charge in [0.15, 0.2) is 17.4 Å². The molecule has 1 heterocycles. The molecule has 0 aliphatic carbocycles. The summed E-state index contributed by atoms with van der Waals surface area (Å²) in [6.45, 7) is 0.107. The number of alkyl halides is 1. The van der Waals surface area contributed by atoms with Crippen LogP contribution in [-0.4, -0.2) is 15.8 Å². The first kappa shape index (κ1) is 14.3. The van der Waals surface area contributed by atoms with Crippen LogP contribution in [0.2, 0.25) is 0 Å². The van der Waals surface area contributed by atoms with Crippen LogP contribution in [0.25, 0.3) is 0 Å². The summed E-state index contributed by atoms with van der Waals surface area (Å²) in [5, 5.41) is 0. The molecule has 5 heteroatoms. The molecule has 3 nitrogen and oxygen atoms in total. The highest BCUT2D eigenvalue weighted by Gasteiger charge is 2.05. The van der Waals surface area contributed by atoms with Gasteiger partial charge in [0.05, 0.1) is 0 Å². The predicted molar refractivity (Wildman–Crippen MR) is 75.0 cm³/mol. The summed E-state index contributed by atoms with van der Waals surface area (Å²) in [5.41, 5.74) is 0.681. The molecule has 2 aromatic rings. The molecule has 0 bridgehead atoms.